The van der Waals surface area contributed by atoms with Gasteiger partial charge in [0.15, 0.2) is 6.54 Å². The van der Waals surface area contributed by atoms with Crippen molar-refractivity contribution in [2.24, 2.45) is 5.92 Å². The van der Waals surface area contributed by atoms with E-state index in [0.717, 1.165) is 128 Å². The van der Waals surface area contributed by atoms with Crippen molar-refractivity contribution in [3.63, 3.8) is 0 Å². The fourth-order valence-corrected chi connectivity index (χ4v) is 7.77. The summed E-state index contributed by atoms with van der Waals surface area (Å²) in [5.41, 5.74) is 1.06. The Hall–Kier alpha value is -2.90. The standard InChI is InChI=1S/C27H50NO7.C21H35BrO5.C6H13NO2.BrH/c1-6-7-14-18-25(35-27(32)22-28(3,4)20-21-34-23(2)29)24(30)17-15-12-10-8-9-11-13-16-19-26(31)33-5;1-3-4-7-12-19(27-20(24)15-22)18(23)14-13-16-10-8-5-6-9-11-17(16)21(25)26-2;1-6(8)9-5-4-7(2)3;/h12,15,24-25,30H,6-11,13-14,16-22H2,1-5H3;13,17-19,23H,3-12,14-15H2,1-2H3;4-5H2,1-3H3;1H/q+1;;;/p-1. The van der Waals surface area contributed by atoms with E-state index in [1.54, 1.807) is 0 Å². The van der Waals surface area contributed by atoms with Crippen molar-refractivity contribution in [3.05, 3.63) is 23.8 Å². The zero-order valence-electron chi connectivity index (χ0n) is 46.1. The second-order valence-electron chi connectivity index (χ2n) is 19.3. The van der Waals surface area contributed by atoms with Crippen molar-refractivity contribution in [1.82, 2.24) is 4.90 Å². The molecule has 0 aromatic heterocycles. The Balaban J connectivity index is -0.00000114. The fraction of sp³-hybridized carbons (Fsp3) is 0.815. The third-order valence-corrected chi connectivity index (χ3v) is 12.4. The number of methoxy groups -OCH3 is 2. The van der Waals surface area contributed by atoms with Gasteiger partial charge in [0, 0.05) is 26.8 Å². The normalized spacial score (nSPS) is 15.9. The molecule has 0 bridgehead atoms. The Morgan fingerprint density at radius 2 is 1.26 bits per heavy atom. The van der Waals surface area contributed by atoms with E-state index in [1.165, 1.54) is 28.1 Å². The number of aliphatic hydroxyl groups excluding tert-OH is 2. The number of halogens is 2. The van der Waals surface area contributed by atoms with Crippen molar-refractivity contribution in [2.75, 3.05) is 80.6 Å². The van der Waals surface area contributed by atoms with Crippen LogP contribution in [0.4, 0.5) is 0 Å². The smallest absolute Gasteiger partial charge is 0.362 e. The van der Waals surface area contributed by atoms with Crippen LogP contribution in [0.2, 0.25) is 0 Å². The molecular formula is C54H98Br2N2O14. The highest BCUT2D eigenvalue weighted by atomic mass is 79.9. The number of allylic oxidation sites excluding steroid dienone is 1. The van der Waals surface area contributed by atoms with Crippen LogP contribution in [0.15, 0.2) is 23.8 Å². The van der Waals surface area contributed by atoms with Gasteiger partial charge >= 0.3 is 35.8 Å². The van der Waals surface area contributed by atoms with E-state index in [-0.39, 0.29) is 77.2 Å². The SMILES string of the molecule is CC(=O)OCCN(C)C.CCCCCC(OC(=O)CBr)C(O)CC=C1CCCCCCC1C(=O)OC.CCCCCC(OC(=O)C[N+](C)(C)CCOC(C)=O)C(O)CC=CCCCCCCCC(=O)OC.[Br-]. The van der Waals surface area contributed by atoms with Gasteiger partial charge in [-0.25, -0.2) is 4.79 Å². The molecular weight excluding hydrogens is 1060 g/mol. The Bertz CT molecular complexity index is 1500. The van der Waals surface area contributed by atoms with Crippen molar-refractivity contribution < 1.29 is 88.9 Å². The summed E-state index contributed by atoms with van der Waals surface area (Å²) < 4.78 is 30.8. The number of esters is 6. The van der Waals surface area contributed by atoms with Gasteiger partial charge in [0.25, 0.3) is 0 Å². The summed E-state index contributed by atoms with van der Waals surface area (Å²) in [4.78, 5) is 70.6. The van der Waals surface area contributed by atoms with Crippen LogP contribution in [0.3, 0.4) is 0 Å². The molecule has 1 aliphatic carbocycles. The van der Waals surface area contributed by atoms with Gasteiger partial charge in [0.05, 0.1) is 46.4 Å². The first-order valence-electron chi connectivity index (χ1n) is 26.3. The van der Waals surface area contributed by atoms with Crippen LogP contribution in [0.1, 0.15) is 175 Å². The summed E-state index contributed by atoms with van der Waals surface area (Å²) in [5, 5.41) is 21.5. The molecule has 0 amide bonds. The summed E-state index contributed by atoms with van der Waals surface area (Å²) in [6.07, 6.45) is 24.3. The van der Waals surface area contributed by atoms with Crippen LogP contribution < -0.4 is 17.0 Å². The average Bonchev–Trinajstić information content (AvgIpc) is 3.30. The highest BCUT2D eigenvalue weighted by Crippen LogP contribution is 2.29. The molecule has 0 saturated heterocycles. The lowest BCUT2D eigenvalue weighted by molar-refractivity contribution is -0.883. The monoisotopic (exact) mass is 1160 g/mol. The molecule has 5 atom stereocenters. The molecule has 0 spiro atoms. The first-order valence-corrected chi connectivity index (χ1v) is 27.4. The number of hydrogen-bond acceptors (Lipinski definition) is 15. The Morgan fingerprint density at radius 3 is 1.82 bits per heavy atom. The van der Waals surface area contributed by atoms with E-state index in [1.807, 2.05) is 45.2 Å². The third-order valence-electron chi connectivity index (χ3n) is 11.9. The van der Waals surface area contributed by atoms with Crippen LogP contribution >= 0.6 is 15.9 Å². The van der Waals surface area contributed by atoms with Gasteiger partial charge in [0.2, 0.25) is 0 Å². The number of aliphatic hydroxyl groups is 2. The van der Waals surface area contributed by atoms with Crippen LogP contribution in [0.5, 0.6) is 0 Å². The third kappa shape index (κ3) is 43.5. The van der Waals surface area contributed by atoms with E-state index in [4.69, 9.17) is 18.9 Å². The van der Waals surface area contributed by atoms with Crippen molar-refractivity contribution >= 4 is 51.7 Å². The highest BCUT2D eigenvalue weighted by Gasteiger charge is 2.29. The summed E-state index contributed by atoms with van der Waals surface area (Å²) in [7, 11) is 10.5. The number of hydrogen-bond donors (Lipinski definition) is 2. The van der Waals surface area contributed by atoms with Crippen LogP contribution in [-0.4, -0.2) is 160 Å². The number of unbranched alkanes of at least 4 members (excludes halogenated alkanes) is 9. The summed E-state index contributed by atoms with van der Waals surface area (Å²) >= 11 is 3.10. The molecule has 18 heteroatoms. The minimum absolute atomic E-state index is 0. The summed E-state index contributed by atoms with van der Waals surface area (Å²) in [5.74, 6) is -1.82. The molecule has 0 radical (unpaired) electrons. The van der Waals surface area contributed by atoms with E-state index < -0.39 is 24.4 Å². The predicted molar refractivity (Wildman–Crippen MR) is 282 cm³/mol. The predicted octanol–water partition coefficient (Wildman–Crippen LogP) is 6.14. The summed E-state index contributed by atoms with van der Waals surface area (Å²) in [6.45, 7) is 9.18. The molecule has 1 aliphatic rings. The van der Waals surface area contributed by atoms with Crippen LogP contribution in [-0.2, 0) is 57.2 Å². The number of quaternary nitrogens is 1. The molecule has 1 fully saturated rings. The molecule has 2 N–H and O–H groups in total. The van der Waals surface area contributed by atoms with Crippen molar-refractivity contribution in [3.8, 4) is 0 Å². The first kappa shape index (κ1) is 73.3. The van der Waals surface area contributed by atoms with Gasteiger partial charge in [-0.15, -0.1) is 0 Å². The number of carbonyl (C=O) groups excluding carboxylic acids is 6. The second-order valence-corrected chi connectivity index (χ2v) is 19.8. The Morgan fingerprint density at radius 1 is 0.708 bits per heavy atom. The van der Waals surface area contributed by atoms with Gasteiger partial charge in [-0.1, -0.05) is 118 Å². The number of likely N-dealkylation sites (N-methyl/N-ethyl adjacent to an activating group) is 2. The van der Waals surface area contributed by atoms with Gasteiger partial charge in [-0.3, -0.25) is 24.0 Å². The van der Waals surface area contributed by atoms with Crippen molar-refractivity contribution in [1.29, 1.82) is 0 Å². The number of carbonyl (C=O) groups is 6. The minimum atomic E-state index is -0.763. The minimum Gasteiger partial charge on any atom is -1.00 e. The second kappa shape index (κ2) is 47.8. The quantitative estimate of drug-likeness (QED) is 0.0186. The average molecular weight is 1160 g/mol. The lowest BCUT2D eigenvalue weighted by atomic mass is 9.85. The maximum absolute atomic E-state index is 12.6. The van der Waals surface area contributed by atoms with E-state index in [2.05, 4.69) is 45.3 Å². The van der Waals surface area contributed by atoms with Crippen LogP contribution in [0, 0.1) is 5.92 Å². The molecule has 5 unspecified atom stereocenters. The zero-order valence-corrected chi connectivity index (χ0v) is 49.2. The molecule has 0 aliphatic heterocycles. The molecule has 72 heavy (non-hydrogen) atoms. The number of ether oxygens (including phenoxy) is 6. The van der Waals surface area contributed by atoms with Gasteiger partial charge in [-0.05, 0) is 91.1 Å². The number of nitrogens with zero attached hydrogens (tertiary/aromatic N) is 2. The maximum atomic E-state index is 12.6. The number of alkyl halides is 1. The van der Waals surface area contributed by atoms with E-state index in [9.17, 15) is 39.0 Å². The van der Waals surface area contributed by atoms with Gasteiger partial charge in [0.1, 0.15) is 37.3 Å². The molecule has 0 heterocycles. The molecule has 0 aromatic rings. The van der Waals surface area contributed by atoms with Crippen molar-refractivity contribution in [2.45, 2.75) is 200 Å². The Labute approximate surface area is 453 Å². The molecule has 0 aromatic carbocycles. The number of rotatable bonds is 34. The highest BCUT2D eigenvalue weighted by molar-refractivity contribution is 9.09. The van der Waals surface area contributed by atoms with E-state index in [0.29, 0.717) is 49.7 Å². The zero-order chi connectivity index (χ0) is 53.9. The molecule has 1 saturated carbocycles. The summed E-state index contributed by atoms with van der Waals surface area (Å²) in [6, 6.07) is 0. The largest absolute Gasteiger partial charge is 1.00 e. The topological polar surface area (TPSA) is 201 Å². The molecule has 422 valence electrons. The molecule has 1 rings (SSSR count). The molecule has 16 nitrogen and oxygen atoms in total. The lowest BCUT2D eigenvalue weighted by Crippen LogP contribution is -3.00. The first-order chi connectivity index (χ1) is 33.8. The Kier molecular flexibility index (Phi) is 48.7. The maximum Gasteiger partial charge on any atom is 0.362 e. The van der Waals surface area contributed by atoms with Gasteiger partial charge in [-0.2, -0.15) is 0 Å². The van der Waals surface area contributed by atoms with E-state index >= 15 is 0 Å². The lowest BCUT2D eigenvalue weighted by Gasteiger charge is -2.30. The van der Waals surface area contributed by atoms with Gasteiger partial charge < -0.3 is 65.0 Å². The fourth-order valence-electron chi connectivity index (χ4n) is 7.63. The van der Waals surface area contributed by atoms with Crippen LogP contribution in [0.25, 0.3) is 0 Å².